The van der Waals surface area contributed by atoms with Crippen molar-refractivity contribution >= 4 is 0 Å². The fraction of sp³-hybridized carbons (Fsp3) is 0.909. The van der Waals surface area contributed by atoms with Crippen molar-refractivity contribution in [2.45, 2.75) is 105 Å². The fourth-order valence-electron chi connectivity index (χ4n) is 3.71. The van der Waals surface area contributed by atoms with Crippen LogP contribution in [0.3, 0.4) is 0 Å². The third-order valence-corrected chi connectivity index (χ3v) is 5.06. The van der Waals surface area contributed by atoms with Crippen molar-refractivity contribution in [1.82, 2.24) is 0 Å². The largest absolute Gasteiger partial charge is 0.320 e. The Hall–Kier alpha value is -0.300. The lowest BCUT2D eigenvalue weighted by atomic mass is 10.1. The molecule has 0 aliphatic carbocycles. The Labute approximate surface area is 148 Å². The zero-order chi connectivity index (χ0) is 17.4. The van der Waals surface area contributed by atoms with E-state index in [1.807, 2.05) is 0 Å². The summed E-state index contributed by atoms with van der Waals surface area (Å²) in [7, 11) is 0. The standard InChI is InChI=1S/C22H46N/c1-6-9-12-13-14-15-16-17-20-23(18-10-7-2,19-11-8-3)21-22(4)5/h4,6-21H2,1-3,5H3/q+1. The van der Waals surface area contributed by atoms with Crippen LogP contribution < -0.4 is 0 Å². The molecule has 0 fully saturated rings. The molecule has 1 nitrogen and oxygen atoms in total. The minimum absolute atomic E-state index is 1.20. The monoisotopic (exact) mass is 324 g/mol. The van der Waals surface area contributed by atoms with Gasteiger partial charge in [-0.3, -0.25) is 0 Å². The van der Waals surface area contributed by atoms with E-state index in [1.165, 1.54) is 113 Å². The van der Waals surface area contributed by atoms with Gasteiger partial charge in [0, 0.05) is 0 Å². The van der Waals surface area contributed by atoms with Gasteiger partial charge < -0.3 is 4.48 Å². The van der Waals surface area contributed by atoms with Crippen LogP contribution in [-0.4, -0.2) is 30.7 Å². The van der Waals surface area contributed by atoms with Crippen LogP contribution in [0.2, 0.25) is 0 Å². The fourth-order valence-corrected chi connectivity index (χ4v) is 3.71. The smallest absolute Gasteiger partial charge is 0.0998 e. The second-order valence-electron chi connectivity index (χ2n) is 7.81. The summed E-state index contributed by atoms with van der Waals surface area (Å²) in [6.07, 6.45) is 16.8. The Balaban J connectivity index is 4.23. The quantitative estimate of drug-likeness (QED) is 0.152. The van der Waals surface area contributed by atoms with Crippen molar-refractivity contribution in [2.75, 3.05) is 26.2 Å². The van der Waals surface area contributed by atoms with E-state index in [0.717, 1.165) is 0 Å². The molecule has 0 aromatic carbocycles. The molecule has 23 heavy (non-hydrogen) atoms. The van der Waals surface area contributed by atoms with Gasteiger partial charge in [0.1, 0.15) is 0 Å². The lowest BCUT2D eigenvalue weighted by Crippen LogP contribution is -2.51. The van der Waals surface area contributed by atoms with Gasteiger partial charge in [0.2, 0.25) is 0 Å². The number of unbranched alkanes of at least 4 members (excludes halogenated alkanes) is 9. The van der Waals surface area contributed by atoms with Crippen LogP contribution in [0.5, 0.6) is 0 Å². The van der Waals surface area contributed by atoms with Crippen molar-refractivity contribution in [3.63, 3.8) is 0 Å². The molecule has 0 unspecified atom stereocenters. The Kier molecular flexibility index (Phi) is 15.0. The minimum atomic E-state index is 1.20. The summed E-state index contributed by atoms with van der Waals surface area (Å²) >= 11 is 0. The number of hydrogen-bond acceptors (Lipinski definition) is 0. The molecule has 0 aliphatic heterocycles. The third-order valence-electron chi connectivity index (χ3n) is 5.06. The highest BCUT2D eigenvalue weighted by molar-refractivity contribution is 4.88. The molecule has 0 heterocycles. The topological polar surface area (TPSA) is 0 Å². The Morgan fingerprint density at radius 1 is 0.609 bits per heavy atom. The first-order valence-electron chi connectivity index (χ1n) is 10.6. The zero-order valence-corrected chi connectivity index (χ0v) is 17.0. The molecule has 138 valence electrons. The van der Waals surface area contributed by atoms with Crippen molar-refractivity contribution in [3.05, 3.63) is 12.2 Å². The molecule has 1 heteroatoms. The first kappa shape index (κ1) is 22.7. The van der Waals surface area contributed by atoms with E-state index in [1.54, 1.807) is 0 Å². The molecular weight excluding hydrogens is 278 g/mol. The van der Waals surface area contributed by atoms with Crippen LogP contribution in [-0.2, 0) is 0 Å². The van der Waals surface area contributed by atoms with Crippen molar-refractivity contribution in [1.29, 1.82) is 0 Å². The van der Waals surface area contributed by atoms with E-state index < -0.39 is 0 Å². The summed E-state index contributed by atoms with van der Waals surface area (Å²) in [5.74, 6) is 0. The molecule has 0 aliphatic rings. The maximum absolute atomic E-state index is 4.23. The highest BCUT2D eigenvalue weighted by Crippen LogP contribution is 2.18. The molecule has 0 spiro atoms. The molecule has 0 rings (SSSR count). The molecule has 0 bridgehead atoms. The molecule has 0 atom stereocenters. The van der Waals surface area contributed by atoms with Gasteiger partial charge in [-0.15, -0.1) is 0 Å². The van der Waals surface area contributed by atoms with Gasteiger partial charge in [-0.2, -0.15) is 0 Å². The second-order valence-corrected chi connectivity index (χ2v) is 7.81. The Morgan fingerprint density at radius 3 is 1.43 bits per heavy atom. The highest BCUT2D eigenvalue weighted by atomic mass is 15.3. The summed E-state index contributed by atoms with van der Waals surface area (Å²) in [5.41, 5.74) is 1.37. The second kappa shape index (κ2) is 15.2. The van der Waals surface area contributed by atoms with Gasteiger partial charge in [-0.05, 0) is 38.2 Å². The maximum Gasteiger partial charge on any atom is 0.0998 e. The van der Waals surface area contributed by atoms with E-state index in [2.05, 4.69) is 34.3 Å². The van der Waals surface area contributed by atoms with E-state index >= 15 is 0 Å². The minimum Gasteiger partial charge on any atom is -0.320 e. The third kappa shape index (κ3) is 12.8. The van der Waals surface area contributed by atoms with Gasteiger partial charge >= 0.3 is 0 Å². The number of rotatable bonds is 17. The van der Waals surface area contributed by atoms with Gasteiger partial charge in [-0.1, -0.05) is 78.7 Å². The molecule has 0 saturated carbocycles. The lowest BCUT2D eigenvalue weighted by Gasteiger charge is -2.39. The van der Waals surface area contributed by atoms with Crippen LogP contribution >= 0.6 is 0 Å². The molecule has 0 N–H and O–H groups in total. The average molecular weight is 325 g/mol. The number of hydrogen-bond donors (Lipinski definition) is 0. The normalized spacial score (nSPS) is 11.8. The van der Waals surface area contributed by atoms with Gasteiger partial charge in [-0.25, -0.2) is 0 Å². The Bertz CT molecular complexity index is 261. The zero-order valence-electron chi connectivity index (χ0n) is 17.0. The molecule has 0 radical (unpaired) electrons. The van der Waals surface area contributed by atoms with Crippen LogP contribution in [0.15, 0.2) is 12.2 Å². The van der Waals surface area contributed by atoms with Crippen LogP contribution in [0.25, 0.3) is 0 Å². The first-order valence-corrected chi connectivity index (χ1v) is 10.6. The molecule has 0 aromatic rings. The number of quaternary nitrogens is 1. The summed E-state index contributed by atoms with van der Waals surface area (Å²) in [6.45, 7) is 18.7. The summed E-state index contributed by atoms with van der Waals surface area (Å²) in [5, 5.41) is 0. The highest BCUT2D eigenvalue weighted by Gasteiger charge is 2.25. The summed E-state index contributed by atoms with van der Waals surface area (Å²) in [6, 6.07) is 0. The number of nitrogens with zero attached hydrogens (tertiary/aromatic N) is 1. The van der Waals surface area contributed by atoms with E-state index in [-0.39, 0.29) is 0 Å². The summed E-state index contributed by atoms with van der Waals surface area (Å²) in [4.78, 5) is 0. The van der Waals surface area contributed by atoms with E-state index in [0.29, 0.717) is 0 Å². The van der Waals surface area contributed by atoms with Crippen molar-refractivity contribution < 1.29 is 4.48 Å². The molecule has 0 aromatic heterocycles. The predicted molar refractivity (Wildman–Crippen MR) is 107 cm³/mol. The van der Waals surface area contributed by atoms with Gasteiger partial charge in [0.05, 0.1) is 26.2 Å². The molecule has 0 saturated heterocycles. The van der Waals surface area contributed by atoms with Crippen molar-refractivity contribution in [3.8, 4) is 0 Å². The van der Waals surface area contributed by atoms with Crippen LogP contribution in [0.4, 0.5) is 0 Å². The lowest BCUT2D eigenvalue weighted by molar-refractivity contribution is -0.924. The van der Waals surface area contributed by atoms with Crippen LogP contribution in [0.1, 0.15) is 105 Å². The SMILES string of the molecule is C=C(C)C[N+](CCCC)(CCCC)CCCCCCCCCC. The predicted octanol–water partition coefficient (Wildman–Crippen LogP) is 7.12. The van der Waals surface area contributed by atoms with Gasteiger partial charge in [0.25, 0.3) is 0 Å². The Morgan fingerprint density at radius 2 is 1.00 bits per heavy atom. The maximum atomic E-state index is 4.23. The summed E-state index contributed by atoms with van der Waals surface area (Å²) < 4.78 is 1.31. The van der Waals surface area contributed by atoms with Crippen molar-refractivity contribution in [2.24, 2.45) is 0 Å². The first-order chi connectivity index (χ1) is 11.1. The average Bonchev–Trinajstić information content (AvgIpc) is 2.53. The van der Waals surface area contributed by atoms with Gasteiger partial charge in [0.15, 0.2) is 0 Å². The molecule has 0 amide bonds. The van der Waals surface area contributed by atoms with E-state index in [9.17, 15) is 0 Å². The van der Waals surface area contributed by atoms with Crippen LogP contribution in [0, 0.1) is 0 Å². The molecular formula is C22H46N+. The van der Waals surface area contributed by atoms with E-state index in [4.69, 9.17) is 0 Å².